The molecule has 7 nitrogen and oxygen atoms in total. The molecule has 0 aliphatic carbocycles. The molecule has 1 aliphatic rings. The summed E-state index contributed by atoms with van der Waals surface area (Å²) in [6, 6.07) is 3.55. The summed E-state index contributed by atoms with van der Waals surface area (Å²) in [6.45, 7) is 6.60. The summed E-state index contributed by atoms with van der Waals surface area (Å²) in [6.07, 6.45) is 0. The van der Waals surface area contributed by atoms with E-state index in [0.717, 1.165) is 0 Å². The number of halogens is 2. The number of hydrogen-bond donors (Lipinski definition) is 2. The van der Waals surface area contributed by atoms with Crippen molar-refractivity contribution in [2.24, 2.45) is 5.41 Å². The third kappa shape index (κ3) is 4.28. The fourth-order valence-electron chi connectivity index (χ4n) is 3.28. The number of nitrogens with one attached hydrogen (secondary N) is 2. The number of benzene rings is 1. The Morgan fingerprint density at radius 1 is 1.34 bits per heavy atom. The van der Waals surface area contributed by atoms with Gasteiger partial charge in [-0.2, -0.15) is 0 Å². The maximum absolute atomic E-state index is 14.5. The number of imidazole rings is 1. The molecule has 0 spiro atoms. The maximum Gasteiger partial charge on any atom is 0.272 e. The van der Waals surface area contributed by atoms with E-state index < -0.39 is 23.2 Å². The third-order valence-corrected chi connectivity index (χ3v) is 5.04. The Bertz CT molecular complexity index is 952. The molecule has 1 atom stereocenters. The van der Waals surface area contributed by atoms with Gasteiger partial charge in [-0.05, 0) is 23.6 Å². The van der Waals surface area contributed by atoms with Gasteiger partial charge in [0, 0.05) is 18.6 Å². The van der Waals surface area contributed by atoms with E-state index >= 15 is 0 Å². The predicted molar refractivity (Wildman–Crippen MR) is 107 cm³/mol. The lowest BCUT2D eigenvalue weighted by Gasteiger charge is -2.29. The number of carbonyl (C=O) groups excluding carboxylic acids is 2. The molecule has 1 aliphatic heterocycles. The standard InChI is InChI=1S/C20H24ClFN4O3/c1-20(2,3)16(19(28)23-4)25-18(27)15-14-10-29-8-7-26(14)17(24-15)12-6-5-11(21)9-13(12)22/h5-6,9,16H,7-8,10H2,1-4H3,(H,23,28)(H,25,27)/t16-/m1/s1. The van der Waals surface area contributed by atoms with Crippen molar-refractivity contribution in [3.63, 3.8) is 0 Å². The first kappa shape index (κ1) is 21.3. The van der Waals surface area contributed by atoms with Gasteiger partial charge in [-0.25, -0.2) is 9.37 Å². The SMILES string of the molecule is CNC(=O)[C@@H](NC(=O)c1nc(-c2ccc(Cl)cc2F)n2c1COCC2)C(C)(C)C. The molecule has 0 bridgehead atoms. The van der Waals surface area contributed by atoms with Gasteiger partial charge >= 0.3 is 0 Å². The van der Waals surface area contributed by atoms with Crippen LogP contribution in [-0.2, 0) is 22.7 Å². The molecule has 0 unspecified atom stereocenters. The number of rotatable bonds is 4. The highest BCUT2D eigenvalue weighted by Crippen LogP contribution is 2.29. The molecule has 0 fully saturated rings. The summed E-state index contributed by atoms with van der Waals surface area (Å²) in [5.41, 5.74) is 0.391. The van der Waals surface area contributed by atoms with Gasteiger partial charge in [0.05, 0.1) is 24.5 Å². The Hall–Kier alpha value is -2.45. The lowest BCUT2D eigenvalue weighted by atomic mass is 9.86. The van der Waals surface area contributed by atoms with Crippen LogP contribution in [0, 0.1) is 11.2 Å². The van der Waals surface area contributed by atoms with Crippen LogP contribution in [0.15, 0.2) is 18.2 Å². The highest BCUT2D eigenvalue weighted by molar-refractivity contribution is 6.30. The van der Waals surface area contributed by atoms with E-state index in [9.17, 15) is 14.0 Å². The molecule has 2 amide bonds. The molecule has 0 saturated carbocycles. The zero-order valence-corrected chi connectivity index (χ0v) is 17.6. The number of hydrogen-bond acceptors (Lipinski definition) is 4. The van der Waals surface area contributed by atoms with E-state index in [0.29, 0.717) is 24.7 Å². The number of nitrogens with zero attached hydrogens (tertiary/aromatic N) is 2. The molecule has 0 saturated heterocycles. The van der Waals surface area contributed by atoms with Gasteiger partial charge in [-0.15, -0.1) is 0 Å². The first-order chi connectivity index (χ1) is 13.6. The topological polar surface area (TPSA) is 85.3 Å². The Balaban J connectivity index is 2.03. The van der Waals surface area contributed by atoms with Crippen molar-refractivity contribution in [1.82, 2.24) is 20.2 Å². The van der Waals surface area contributed by atoms with Crippen molar-refractivity contribution in [2.45, 2.75) is 40.0 Å². The smallest absolute Gasteiger partial charge is 0.272 e. The van der Waals surface area contributed by atoms with Crippen molar-refractivity contribution in [1.29, 1.82) is 0 Å². The lowest BCUT2D eigenvalue weighted by Crippen LogP contribution is -2.53. The van der Waals surface area contributed by atoms with Gasteiger partial charge in [0.25, 0.3) is 5.91 Å². The largest absolute Gasteiger partial charge is 0.373 e. The summed E-state index contributed by atoms with van der Waals surface area (Å²) in [7, 11) is 1.51. The lowest BCUT2D eigenvalue weighted by molar-refractivity contribution is -0.124. The molecule has 0 radical (unpaired) electrons. The Morgan fingerprint density at radius 2 is 2.07 bits per heavy atom. The van der Waals surface area contributed by atoms with E-state index in [4.69, 9.17) is 16.3 Å². The molecular formula is C20H24ClFN4O3. The van der Waals surface area contributed by atoms with E-state index in [-0.39, 0.29) is 28.8 Å². The Labute approximate surface area is 173 Å². The van der Waals surface area contributed by atoms with Gasteiger partial charge < -0.3 is 19.9 Å². The van der Waals surface area contributed by atoms with Crippen molar-refractivity contribution in [3.8, 4) is 11.4 Å². The normalized spacial score (nSPS) is 14.8. The molecule has 2 N–H and O–H groups in total. The average Bonchev–Trinajstić information content (AvgIpc) is 3.04. The molecule has 2 aromatic rings. The van der Waals surface area contributed by atoms with Crippen molar-refractivity contribution < 1.29 is 18.7 Å². The molecule has 2 heterocycles. The van der Waals surface area contributed by atoms with Crippen LogP contribution in [0.2, 0.25) is 5.02 Å². The highest BCUT2D eigenvalue weighted by atomic mass is 35.5. The van der Waals surface area contributed by atoms with Crippen LogP contribution in [0.25, 0.3) is 11.4 Å². The van der Waals surface area contributed by atoms with Crippen molar-refractivity contribution in [2.75, 3.05) is 13.7 Å². The summed E-state index contributed by atoms with van der Waals surface area (Å²) in [4.78, 5) is 29.7. The van der Waals surface area contributed by atoms with Gasteiger partial charge in [0.15, 0.2) is 5.69 Å². The first-order valence-corrected chi connectivity index (χ1v) is 9.66. The van der Waals surface area contributed by atoms with Gasteiger partial charge in [0.1, 0.15) is 17.7 Å². The molecule has 3 rings (SSSR count). The minimum atomic E-state index is -0.766. The second-order valence-corrected chi connectivity index (χ2v) is 8.38. The zero-order valence-electron chi connectivity index (χ0n) is 16.8. The second-order valence-electron chi connectivity index (χ2n) is 7.95. The van der Waals surface area contributed by atoms with Crippen LogP contribution in [0.4, 0.5) is 4.39 Å². The van der Waals surface area contributed by atoms with E-state index in [1.54, 1.807) is 10.6 Å². The molecule has 9 heteroatoms. The van der Waals surface area contributed by atoms with E-state index in [2.05, 4.69) is 15.6 Å². The fraction of sp³-hybridized carbons (Fsp3) is 0.450. The molecule has 29 heavy (non-hydrogen) atoms. The number of carbonyl (C=O) groups is 2. The van der Waals surface area contributed by atoms with Gasteiger partial charge in [-0.3, -0.25) is 9.59 Å². The number of amides is 2. The maximum atomic E-state index is 14.5. The Kier molecular flexibility index (Phi) is 5.95. The second kappa shape index (κ2) is 8.12. The van der Waals surface area contributed by atoms with Crippen LogP contribution in [0.5, 0.6) is 0 Å². The van der Waals surface area contributed by atoms with Crippen LogP contribution in [-0.4, -0.2) is 41.1 Å². The molecule has 1 aromatic carbocycles. The van der Waals surface area contributed by atoms with Gasteiger partial charge in [0.2, 0.25) is 5.91 Å². The van der Waals surface area contributed by atoms with Crippen LogP contribution >= 0.6 is 11.6 Å². The van der Waals surface area contributed by atoms with Crippen LogP contribution in [0.1, 0.15) is 37.0 Å². The average molecular weight is 423 g/mol. The number of fused-ring (bicyclic) bond motifs is 1. The monoisotopic (exact) mass is 422 g/mol. The van der Waals surface area contributed by atoms with E-state index in [1.165, 1.54) is 19.2 Å². The molecule has 1 aromatic heterocycles. The summed E-state index contributed by atoms with van der Waals surface area (Å²) in [5.74, 6) is -1.01. The minimum absolute atomic E-state index is 0.118. The first-order valence-electron chi connectivity index (χ1n) is 9.28. The van der Waals surface area contributed by atoms with Crippen molar-refractivity contribution in [3.05, 3.63) is 40.4 Å². The summed E-state index contributed by atoms with van der Waals surface area (Å²) < 4.78 is 21.8. The van der Waals surface area contributed by atoms with Crippen LogP contribution in [0.3, 0.4) is 0 Å². The predicted octanol–water partition coefficient (Wildman–Crippen LogP) is 2.76. The molecular weight excluding hydrogens is 399 g/mol. The highest BCUT2D eigenvalue weighted by Gasteiger charge is 2.34. The van der Waals surface area contributed by atoms with E-state index in [1.807, 2.05) is 20.8 Å². The zero-order chi connectivity index (χ0) is 21.3. The number of ether oxygens (including phenoxy) is 1. The molecule has 156 valence electrons. The quantitative estimate of drug-likeness (QED) is 0.793. The number of likely N-dealkylation sites (N-methyl/N-ethyl adjacent to an activating group) is 1. The van der Waals surface area contributed by atoms with Crippen molar-refractivity contribution >= 4 is 23.4 Å². The fourth-order valence-corrected chi connectivity index (χ4v) is 3.43. The van der Waals surface area contributed by atoms with Crippen LogP contribution < -0.4 is 10.6 Å². The van der Waals surface area contributed by atoms with Gasteiger partial charge in [-0.1, -0.05) is 32.4 Å². The number of aromatic nitrogens is 2. The minimum Gasteiger partial charge on any atom is -0.373 e. The summed E-state index contributed by atoms with van der Waals surface area (Å²) >= 11 is 5.86. The Morgan fingerprint density at radius 3 is 2.69 bits per heavy atom. The summed E-state index contributed by atoms with van der Waals surface area (Å²) in [5, 5.41) is 5.61. The third-order valence-electron chi connectivity index (χ3n) is 4.81.